The van der Waals surface area contributed by atoms with Crippen LogP contribution >= 0.6 is 0 Å². The molecule has 3 rings (SSSR count). The van der Waals surface area contributed by atoms with E-state index in [1.807, 2.05) is 0 Å². The summed E-state index contributed by atoms with van der Waals surface area (Å²) in [5.74, 6) is -1.47. The molecule has 0 saturated carbocycles. The Hall–Kier alpha value is -1.72. The Kier molecular flexibility index (Phi) is 1.72. The summed E-state index contributed by atoms with van der Waals surface area (Å²) in [4.78, 5) is 4.27. The van der Waals surface area contributed by atoms with Gasteiger partial charge in [0.15, 0.2) is 5.69 Å². The molecular weight excluding hydrogens is 208 g/mol. The first-order chi connectivity index (χ1) is 7.59. The number of nitrogens with zero attached hydrogens (tertiary/aromatic N) is 2. The summed E-state index contributed by atoms with van der Waals surface area (Å²) in [6.07, 6.45) is 0. The topological polar surface area (TPSA) is 69.3 Å². The van der Waals surface area contributed by atoms with Gasteiger partial charge in [-0.1, -0.05) is 12.1 Å². The number of rotatable bonds is 0. The summed E-state index contributed by atoms with van der Waals surface area (Å²) in [5, 5.41) is 21.9. The van der Waals surface area contributed by atoms with E-state index in [9.17, 15) is 10.3 Å². The lowest BCUT2D eigenvalue weighted by atomic mass is 10.2. The second-order valence-corrected chi connectivity index (χ2v) is 3.96. The fourth-order valence-electron chi connectivity index (χ4n) is 1.93. The Morgan fingerprint density at radius 2 is 2.25 bits per heavy atom. The van der Waals surface area contributed by atoms with E-state index in [1.54, 1.807) is 24.3 Å². The quantitative estimate of drug-likeness (QED) is 0.518. The van der Waals surface area contributed by atoms with Gasteiger partial charge in [-0.25, -0.2) is 4.98 Å². The third-order valence-electron chi connectivity index (χ3n) is 2.78. The summed E-state index contributed by atoms with van der Waals surface area (Å²) in [7, 11) is 0. The molecule has 1 aromatic heterocycles. The third-order valence-corrected chi connectivity index (χ3v) is 2.78. The first kappa shape index (κ1) is 9.50. The molecule has 1 aliphatic heterocycles. The molecule has 16 heavy (non-hydrogen) atoms. The van der Waals surface area contributed by atoms with Gasteiger partial charge in [0, 0.05) is 6.07 Å². The minimum absolute atomic E-state index is 0.0870. The molecule has 2 heterocycles. The standard InChI is InChI=1S/C11H10N2O3/c1-11(14)10-9(6-16-11)13(15)8-5-3-2-4-7(8)12-10/h2-5,14H,6H2,1H3. The van der Waals surface area contributed by atoms with Crippen LogP contribution in [0.15, 0.2) is 24.3 Å². The monoisotopic (exact) mass is 218 g/mol. The number of aromatic nitrogens is 2. The van der Waals surface area contributed by atoms with Gasteiger partial charge >= 0.3 is 0 Å². The van der Waals surface area contributed by atoms with Gasteiger partial charge in [0.05, 0.1) is 0 Å². The molecule has 1 N–H and O–H groups in total. The molecule has 0 fully saturated rings. The van der Waals surface area contributed by atoms with Crippen molar-refractivity contribution in [2.45, 2.75) is 19.3 Å². The zero-order chi connectivity index (χ0) is 11.3. The highest BCUT2D eigenvalue weighted by atomic mass is 16.6. The number of ether oxygens (including phenoxy) is 1. The lowest BCUT2D eigenvalue weighted by Crippen LogP contribution is -2.34. The fourth-order valence-corrected chi connectivity index (χ4v) is 1.93. The molecule has 0 saturated heterocycles. The summed E-state index contributed by atoms with van der Waals surface area (Å²) in [6, 6.07) is 7.01. The molecule has 0 aliphatic carbocycles. The van der Waals surface area contributed by atoms with Gasteiger partial charge < -0.3 is 15.1 Å². The van der Waals surface area contributed by atoms with Gasteiger partial charge in [0.2, 0.25) is 17.0 Å². The van der Waals surface area contributed by atoms with Crippen molar-refractivity contribution in [3.63, 3.8) is 0 Å². The van der Waals surface area contributed by atoms with E-state index in [0.29, 0.717) is 22.4 Å². The molecule has 1 aliphatic rings. The Labute approximate surface area is 91.5 Å². The second kappa shape index (κ2) is 2.90. The highest BCUT2D eigenvalue weighted by molar-refractivity contribution is 5.71. The smallest absolute Gasteiger partial charge is 0.246 e. The average Bonchev–Trinajstić information content (AvgIpc) is 2.56. The van der Waals surface area contributed by atoms with E-state index in [1.165, 1.54) is 6.92 Å². The number of hydrogen-bond donors (Lipinski definition) is 1. The Morgan fingerprint density at radius 1 is 1.50 bits per heavy atom. The van der Waals surface area contributed by atoms with Crippen LogP contribution in [0.5, 0.6) is 0 Å². The van der Waals surface area contributed by atoms with Gasteiger partial charge in [-0.15, -0.1) is 0 Å². The van der Waals surface area contributed by atoms with Gasteiger partial charge in [0.25, 0.3) is 0 Å². The van der Waals surface area contributed by atoms with E-state index < -0.39 is 5.79 Å². The molecule has 82 valence electrons. The van der Waals surface area contributed by atoms with Crippen molar-refractivity contribution in [3.8, 4) is 0 Å². The van der Waals surface area contributed by atoms with Gasteiger partial charge in [-0.05, 0) is 13.0 Å². The number of hydrogen-bond acceptors (Lipinski definition) is 4. The molecule has 0 radical (unpaired) electrons. The zero-order valence-corrected chi connectivity index (χ0v) is 8.67. The Morgan fingerprint density at radius 3 is 3.06 bits per heavy atom. The minimum atomic E-state index is -1.47. The van der Waals surface area contributed by atoms with E-state index in [-0.39, 0.29) is 6.61 Å². The van der Waals surface area contributed by atoms with Gasteiger partial charge in [-0.2, -0.15) is 4.73 Å². The highest BCUT2D eigenvalue weighted by Gasteiger charge is 2.41. The van der Waals surface area contributed by atoms with Crippen LogP contribution < -0.4 is 4.73 Å². The fraction of sp³-hybridized carbons (Fsp3) is 0.273. The molecule has 0 amide bonds. The summed E-state index contributed by atoms with van der Waals surface area (Å²) in [5.41, 5.74) is 1.73. The summed E-state index contributed by atoms with van der Waals surface area (Å²) < 4.78 is 5.91. The molecule has 5 heteroatoms. The lowest BCUT2D eigenvalue weighted by Gasteiger charge is -2.14. The molecule has 1 aromatic carbocycles. The van der Waals surface area contributed by atoms with Crippen LogP contribution in [0.4, 0.5) is 0 Å². The predicted octanol–water partition coefficient (Wildman–Crippen LogP) is 0.563. The van der Waals surface area contributed by atoms with Crippen molar-refractivity contribution < 1.29 is 14.6 Å². The molecular formula is C11H10N2O3. The van der Waals surface area contributed by atoms with E-state index in [4.69, 9.17) is 4.74 Å². The molecule has 0 spiro atoms. The van der Waals surface area contributed by atoms with Crippen LogP contribution in [0.3, 0.4) is 0 Å². The maximum Gasteiger partial charge on any atom is 0.246 e. The van der Waals surface area contributed by atoms with Crippen molar-refractivity contribution in [1.82, 2.24) is 4.98 Å². The highest BCUT2D eigenvalue weighted by Crippen LogP contribution is 2.31. The van der Waals surface area contributed by atoms with Crippen molar-refractivity contribution in [3.05, 3.63) is 40.9 Å². The molecule has 0 bridgehead atoms. The van der Waals surface area contributed by atoms with Crippen LogP contribution in [-0.4, -0.2) is 10.1 Å². The maximum absolute atomic E-state index is 12.0. The SMILES string of the molecule is CC1(O)OCc2c1nc1ccccc1[n+]2[O-]. The minimum Gasteiger partial charge on any atom is -0.618 e. The molecule has 1 atom stereocenters. The number of benzene rings is 1. The van der Waals surface area contributed by atoms with Crippen molar-refractivity contribution in [2.24, 2.45) is 0 Å². The van der Waals surface area contributed by atoms with Gasteiger partial charge in [0.1, 0.15) is 12.1 Å². The van der Waals surface area contributed by atoms with Crippen LogP contribution in [0.1, 0.15) is 18.3 Å². The molecule has 1 unspecified atom stereocenters. The predicted molar refractivity (Wildman–Crippen MR) is 55.1 cm³/mol. The van der Waals surface area contributed by atoms with E-state index in [0.717, 1.165) is 4.73 Å². The number of aliphatic hydroxyl groups is 1. The number of para-hydroxylation sites is 2. The van der Waals surface area contributed by atoms with Crippen LogP contribution in [0.2, 0.25) is 0 Å². The maximum atomic E-state index is 12.0. The van der Waals surface area contributed by atoms with Crippen molar-refractivity contribution >= 4 is 11.0 Å². The van der Waals surface area contributed by atoms with Crippen LogP contribution in [0, 0.1) is 5.21 Å². The first-order valence-corrected chi connectivity index (χ1v) is 4.97. The largest absolute Gasteiger partial charge is 0.618 e. The molecule has 2 aromatic rings. The second-order valence-electron chi connectivity index (χ2n) is 3.96. The Bertz CT molecular complexity index is 581. The van der Waals surface area contributed by atoms with Gasteiger partial charge in [-0.3, -0.25) is 0 Å². The summed E-state index contributed by atoms with van der Waals surface area (Å²) in [6.45, 7) is 1.57. The third kappa shape index (κ3) is 1.12. The first-order valence-electron chi connectivity index (χ1n) is 4.97. The Balaban J connectivity index is 2.41. The van der Waals surface area contributed by atoms with E-state index in [2.05, 4.69) is 4.98 Å². The zero-order valence-electron chi connectivity index (χ0n) is 8.67. The van der Waals surface area contributed by atoms with Crippen molar-refractivity contribution in [1.29, 1.82) is 0 Å². The van der Waals surface area contributed by atoms with Crippen LogP contribution in [-0.2, 0) is 17.1 Å². The van der Waals surface area contributed by atoms with E-state index >= 15 is 0 Å². The summed E-state index contributed by atoms with van der Waals surface area (Å²) >= 11 is 0. The number of fused-ring (bicyclic) bond motifs is 2. The van der Waals surface area contributed by atoms with Crippen LogP contribution in [0.25, 0.3) is 11.0 Å². The molecule has 5 nitrogen and oxygen atoms in total. The normalized spacial score (nSPS) is 23.6. The van der Waals surface area contributed by atoms with Crippen molar-refractivity contribution in [2.75, 3.05) is 0 Å². The lowest BCUT2D eigenvalue weighted by molar-refractivity contribution is -0.587. The average molecular weight is 218 g/mol.